The topological polar surface area (TPSA) is 122 Å². The zero-order valence-corrected chi connectivity index (χ0v) is 19.0. The molecule has 0 aliphatic carbocycles. The Morgan fingerprint density at radius 1 is 0.806 bits per heavy atom. The fraction of sp³-hybridized carbons (Fsp3) is 0.240. The first-order valence-electron chi connectivity index (χ1n) is 10.9. The van der Waals surface area contributed by atoms with Crippen LogP contribution in [0.3, 0.4) is 0 Å². The monoisotopic (exact) mass is 500 g/mol. The minimum absolute atomic E-state index is 0.0550. The quantitative estimate of drug-likeness (QED) is 0.277. The van der Waals surface area contributed by atoms with Crippen LogP contribution < -0.4 is 0 Å². The third kappa shape index (κ3) is 6.52. The lowest BCUT2D eigenvalue weighted by molar-refractivity contribution is -0.385. The molecule has 0 saturated heterocycles. The Morgan fingerprint density at radius 2 is 1.28 bits per heavy atom. The highest BCUT2D eigenvalue weighted by molar-refractivity contribution is 5.90. The number of aldehydes is 1. The van der Waals surface area contributed by atoms with E-state index in [2.05, 4.69) is 0 Å². The standard InChI is InChI=1S/C13H11F2NO3.C12H11NO4/c14-13(15)8-11-10(9-4-6-19-7-5-9)2-1-3-12(11)16(17)18;14-8-11-10(9-4-6-17-7-5-9)2-1-3-12(11)13(15)16/h1-4,8H,5-7H2;1-4,8H,5-7H2. The molecule has 0 saturated carbocycles. The molecule has 0 aromatic heterocycles. The number of hydrogen-bond acceptors (Lipinski definition) is 7. The van der Waals surface area contributed by atoms with E-state index in [1.54, 1.807) is 24.3 Å². The summed E-state index contributed by atoms with van der Waals surface area (Å²) in [5.74, 6) is 0. The van der Waals surface area contributed by atoms with Crippen LogP contribution in [0.4, 0.5) is 20.2 Å². The van der Waals surface area contributed by atoms with Gasteiger partial charge in [0.2, 0.25) is 0 Å². The Labute approximate surface area is 204 Å². The Kier molecular flexibility index (Phi) is 9.25. The molecule has 0 radical (unpaired) electrons. The van der Waals surface area contributed by atoms with Gasteiger partial charge in [0.25, 0.3) is 17.5 Å². The lowest BCUT2D eigenvalue weighted by Crippen LogP contribution is -2.06. The molecule has 0 amide bonds. The van der Waals surface area contributed by atoms with Crippen LogP contribution in [0.15, 0.2) is 54.6 Å². The number of hydrogen-bond donors (Lipinski definition) is 0. The highest BCUT2D eigenvalue weighted by atomic mass is 19.3. The average Bonchev–Trinajstić information content (AvgIpc) is 2.89. The summed E-state index contributed by atoms with van der Waals surface area (Å²) in [7, 11) is 0. The van der Waals surface area contributed by atoms with Gasteiger partial charge in [-0.15, -0.1) is 0 Å². The maximum Gasteiger partial charge on any atom is 0.280 e. The predicted octanol–water partition coefficient (Wildman–Crippen LogP) is 5.85. The molecule has 0 atom stereocenters. The van der Waals surface area contributed by atoms with Crippen molar-refractivity contribution in [1.29, 1.82) is 0 Å². The van der Waals surface area contributed by atoms with Crippen molar-refractivity contribution in [2.24, 2.45) is 0 Å². The van der Waals surface area contributed by atoms with E-state index in [4.69, 9.17) is 9.47 Å². The largest absolute Gasteiger partial charge is 0.377 e. The number of rotatable bonds is 6. The summed E-state index contributed by atoms with van der Waals surface area (Å²) >= 11 is 0. The van der Waals surface area contributed by atoms with Gasteiger partial charge in [-0.2, -0.15) is 8.78 Å². The number of halogens is 2. The van der Waals surface area contributed by atoms with Gasteiger partial charge in [-0.3, -0.25) is 25.0 Å². The fourth-order valence-corrected chi connectivity index (χ4v) is 3.91. The summed E-state index contributed by atoms with van der Waals surface area (Å²) in [6.45, 7) is 1.93. The van der Waals surface area contributed by atoms with Crippen LogP contribution in [0.2, 0.25) is 0 Å². The van der Waals surface area contributed by atoms with E-state index < -0.39 is 15.9 Å². The number of nitro groups is 2. The molecule has 0 spiro atoms. The maximum absolute atomic E-state index is 12.5. The smallest absolute Gasteiger partial charge is 0.280 e. The number of carbonyl (C=O) groups excluding carboxylic acids is 1. The molecule has 4 rings (SSSR count). The van der Waals surface area contributed by atoms with Crippen LogP contribution in [-0.4, -0.2) is 42.6 Å². The third-order valence-electron chi connectivity index (χ3n) is 5.55. The van der Waals surface area contributed by atoms with Crippen LogP contribution >= 0.6 is 0 Å². The molecule has 9 nitrogen and oxygen atoms in total. The molecule has 2 aliphatic rings. The van der Waals surface area contributed by atoms with Crippen molar-refractivity contribution in [3.63, 3.8) is 0 Å². The van der Waals surface area contributed by atoms with E-state index in [1.807, 2.05) is 6.08 Å². The van der Waals surface area contributed by atoms with Crippen molar-refractivity contribution in [2.45, 2.75) is 12.8 Å². The molecule has 0 unspecified atom stereocenters. The minimum Gasteiger partial charge on any atom is -0.377 e. The summed E-state index contributed by atoms with van der Waals surface area (Å²) in [4.78, 5) is 31.6. The van der Waals surface area contributed by atoms with E-state index in [9.17, 15) is 33.8 Å². The second kappa shape index (κ2) is 12.6. The second-order valence-corrected chi connectivity index (χ2v) is 7.65. The molecule has 2 aromatic rings. The van der Waals surface area contributed by atoms with Gasteiger partial charge in [-0.1, -0.05) is 36.4 Å². The first-order valence-corrected chi connectivity index (χ1v) is 10.9. The molecule has 2 heterocycles. The van der Waals surface area contributed by atoms with Crippen molar-refractivity contribution in [3.8, 4) is 0 Å². The van der Waals surface area contributed by atoms with Crippen LogP contribution in [0, 0.1) is 20.2 Å². The molecule has 11 heteroatoms. The second-order valence-electron chi connectivity index (χ2n) is 7.65. The van der Waals surface area contributed by atoms with Crippen molar-refractivity contribution < 1.29 is 32.9 Å². The first kappa shape index (κ1) is 26.5. The highest BCUT2D eigenvalue weighted by Crippen LogP contribution is 2.33. The highest BCUT2D eigenvalue weighted by Gasteiger charge is 2.21. The van der Waals surface area contributed by atoms with Gasteiger partial charge in [0, 0.05) is 18.2 Å². The van der Waals surface area contributed by atoms with E-state index >= 15 is 0 Å². The first-order chi connectivity index (χ1) is 17.3. The van der Waals surface area contributed by atoms with Crippen LogP contribution in [-0.2, 0) is 9.47 Å². The Morgan fingerprint density at radius 3 is 1.67 bits per heavy atom. The summed E-state index contributed by atoms with van der Waals surface area (Å²) < 4.78 is 35.3. The molecule has 188 valence electrons. The van der Waals surface area contributed by atoms with Gasteiger partial charge < -0.3 is 9.47 Å². The van der Waals surface area contributed by atoms with Crippen molar-refractivity contribution >= 4 is 34.9 Å². The number of nitro benzene ring substituents is 2. The third-order valence-corrected chi connectivity index (χ3v) is 5.55. The van der Waals surface area contributed by atoms with Gasteiger partial charge in [0.15, 0.2) is 6.29 Å². The van der Waals surface area contributed by atoms with Gasteiger partial charge in [-0.05, 0) is 35.1 Å². The molecular formula is C25H22F2N2O7. The summed E-state index contributed by atoms with van der Waals surface area (Å²) in [5, 5.41) is 21.7. The molecule has 0 N–H and O–H groups in total. The van der Waals surface area contributed by atoms with E-state index in [0.717, 1.165) is 11.1 Å². The SMILES string of the molecule is O=Cc1c(C2=CCOCC2)cccc1[N+](=O)[O-].O=[N+]([O-])c1cccc(C2=CCOCC2)c1C=C(F)F. The van der Waals surface area contributed by atoms with Crippen LogP contribution in [0.25, 0.3) is 17.2 Å². The number of nitrogens with zero attached hydrogens (tertiary/aromatic N) is 2. The zero-order valence-electron chi connectivity index (χ0n) is 19.0. The summed E-state index contributed by atoms with van der Waals surface area (Å²) in [5.41, 5.74) is 2.45. The molecule has 36 heavy (non-hydrogen) atoms. The van der Waals surface area contributed by atoms with Gasteiger partial charge in [0.1, 0.15) is 0 Å². The lowest BCUT2D eigenvalue weighted by Gasteiger charge is -2.15. The molecule has 0 bridgehead atoms. The molecule has 0 fully saturated rings. The zero-order chi connectivity index (χ0) is 26.1. The average molecular weight is 500 g/mol. The Bertz CT molecular complexity index is 1250. The van der Waals surface area contributed by atoms with Crippen molar-refractivity contribution in [1.82, 2.24) is 0 Å². The molecular weight excluding hydrogens is 478 g/mol. The summed E-state index contributed by atoms with van der Waals surface area (Å²) in [6.07, 6.45) is 3.97. The Hall–Kier alpha value is -4.09. The van der Waals surface area contributed by atoms with Crippen molar-refractivity contribution in [3.05, 3.63) is 97.1 Å². The van der Waals surface area contributed by atoms with Crippen molar-refractivity contribution in [2.75, 3.05) is 26.4 Å². The maximum atomic E-state index is 12.5. The number of benzene rings is 2. The van der Waals surface area contributed by atoms with Crippen LogP contribution in [0.1, 0.15) is 39.9 Å². The van der Waals surface area contributed by atoms with Gasteiger partial charge in [-0.25, -0.2) is 0 Å². The lowest BCUT2D eigenvalue weighted by atomic mass is 9.95. The van der Waals surface area contributed by atoms with E-state index in [-0.39, 0.29) is 22.5 Å². The molecule has 2 aromatic carbocycles. The van der Waals surface area contributed by atoms with Gasteiger partial charge in [0.05, 0.1) is 47.4 Å². The minimum atomic E-state index is -1.96. The van der Waals surface area contributed by atoms with Gasteiger partial charge >= 0.3 is 0 Å². The Balaban J connectivity index is 0.000000202. The number of ether oxygens (including phenoxy) is 2. The fourth-order valence-electron chi connectivity index (χ4n) is 3.91. The molecule has 2 aliphatic heterocycles. The summed E-state index contributed by atoms with van der Waals surface area (Å²) in [6, 6.07) is 8.99. The van der Waals surface area contributed by atoms with E-state index in [1.165, 1.54) is 18.2 Å². The normalized spacial score (nSPS) is 14.9. The predicted molar refractivity (Wildman–Crippen MR) is 129 cm³/mol. The number of carbonyl (C=O) groups is 1. The van der Waals surface area contributed by atoms with E-state index in [0.29, 0.717) is 62.8 Å². The van der Waals surface area contributed by atoms with Crippen LogP contribution in [0.5, 0.6) is 0 Å².